The van der Waals surface area contributed by atoms with Gasteiger partial charge in [-0.3, -0.25) is 9.48 Å². The van der Waals surface area contributed by atoms with E-state index >= 15 is 0 Å². The molecular formula is C15H18N6O2. The summed E-state index contributed by atoms with van der Waals surface area (Å²) in [7, 11) is 0. The first-order valence-corrected chi connectivity index (χ1v) is 7.29. The summed E-state index contributed by atoms with van der Waals surface area (Å²) in [6, 6.07) is 6.70. The highest BCUT2D eigenvalue weighted by Crippen LogP contribution is 2.20. The van der Waals surface area contributed by atoms with Crippen molar-refractivity contribution in [1.29, 1.82) is 0 Å². The molecule has 23 heavy (non-hydrogen) atoms. The number of hydrogen-bond acceptors (Lipinski definition) is 4. The number of aromatic nitrogens is 2. The van der Waals surface area contributed by atoms with E-state index in [4.69, 9.17) is 11.5 Å². The van der Waals surface area contributed by atoms with Crippen molar-refractivity contribution in [3.63, 3.8) is 0 Å². The van der Waals surface area contributed by atoms with Crippen LogP contribution in [0.4, 0.5) is 10.5 Å². The second-order valence-corrected chi connectivity index (χ2v) is 5.41. The van der Waals surface area contributed by atoms with Gasteiger partial charge in [-0.2, -0.15) is 5.10 Å². The Morgan fingerprint density at radius 2 is 2.00 bits per heavy atom. The Morgan fingerprint density at radius 1 is 1.26 bits per heavy atom. The topological polar surface area (TPSA) is 128 Å². The first-order valence-electron chi connectivity index (χ1n) is 7.29. The van der Waals surface area contributed by atoms with Gasteiger partial charge in [-0.25, -0.2) is 4.79 Å². The monoisotopic (exact) mass is 314 g/mol. The minimum Gasteiger partial charge on any atom is -0.364 e. The van der Waals surface area contributed by atoms with Crippen molar-refractivity contribution in [3.8, 4) is 0 Å². The minimum absolute atomic E-state index is 0.333. The Morgan fingerprint density at radius 3 is 2.65 bits per heavy atom. The van der Waals surface area contributed by atoms with Gasteiger partial charge in [0, 0.05) is 36.5 Å². The van der Waals surface area contributed by atoms with Crippen LogP contribution in [0, 0.1) is 0 Å². The number of urea groups is 1. The van der Waals surface area contributed by atoms with Crippen molar-refractivity contribution in [2.75, 3.05) is 11.9 Å². The Balaban J connectivity index is 1.85. The summed E-state index contributed by atoms with van der Waals surface area (Å²) in [6.45, 7) is 1.99. The third-order valence-corrected chi connectivity index (χ3v) is 3.79. The van der Waals surface area contributed by atoms with Gasteiger partial charge in [-0.05, 0) is 17.7 Å². The summed E-state index contributed by atoms with van der Waals surface area (Å²) < 4.78 is 1.83. The normalized spacial score (nSPS) is 13.4. The highest BCUT2D eigenvalue weighted by atomic mass is 16.2. The number of benzene rings is 1. The molecule has 1 aliphatic heterocycles. The predicted octanol–water partition coefficient (Wildman–Crippen LogP) is 0.167. The molecule has 0 saturated heterocycles. The van der Waals surface area contributed by atoms with Crippen LogP contribution in [-0.2, 0) is 19.5 Å². The minimum atomic E-state index is -0.600. The molecule has 0 aliphatic carbocycles. The van der Waals surface area contributed by atoms with Gasteiger partial charge in [0.25, 0.3) is 5.91 Å². The number of rotatable bonds is 4. The number of fused-ring (bicyclic) bond motifs is 1. The van der Waals surface area contributed by atoms with E-state index < -0.39 is 11.9 Å². The van der Waals surface area contributed by atoms with Crippen LogP contribution in [0.15, 0.2) is 24.3 Å². The molecule has 0 fully saturated rings. The van der Waals surface area contributed by atoms with Crippen LogP contribution in [0.2, 0.25) is 0 Å². The largest absolute Gasteiger partial charge is 0.364 e. The zero-order valence-electron chi connectivity index (χ0n) is 12.5. The number of anilines is 1. The van der Waals surface area contributed by atoms with E-state index in [2.05, 4.69) is 15.7 Å². The standard InChI is InChI=1S/C15H18N6O2/c16-14(22)13-11-7-18-6-5-12(11)21(20-13)8-9-1-3-10(4-2-9)19-15(17)23/h1-4,18H,5-8H2,(H2,16,22)(H3,17,19,23). The lowest BCUT2D eigenvalue weighted by Gasteiger charge is -2.15. The second-order valence-electron chi connectivity index (χ2n) is 5.41. The Hall–Kier alpha value is -2.87. The fourth-order valence-electron chi connectivity index (χ4n) is 2.76. The van der Waals surface area contributed by atoms with Crippen LogP contribution in [-0.4, -0.2) is 28.3 Å². The average Bonchev–Trinajstić information content (AvgIpc) is 2.88. The van der Waals surface area contributed by atoms with Gasteiger partial charge in [-0.1, -0.05) is 12.1 Å². The molecule has 1 aliphatic rings. The van der Waals surface area contributed by atoms with Gasteiger partial charge >= 0.3 is 6.03 Å². The number of nitrogens with zero attached hydrogens (tertiary/aromatic N) is 2. The maximum absolute atomic E-state index is 11.6. The van der Waals surface area contributed by atoms with Crippen molar-refractivity contribution in [3.05, 3.63) is 46.8 Å². The van der Waals surface area contributed by atoms with Gasteiger partial charge in [0.2, 0.25) is 0 Å². The zero-order valence-corrected chi connectivity index (χ0v) is 12.5. The molecule has 120 valence electrons. The van der Waals surface area contributed by atoms with E-state index in [-0.39, 0.29) is 0 Å². The first-order chi connectivity index (χ1) is 11.0. The van der Waals surface area contributed by atoms with Crippen LogP contribution in [0.25, 0.3) is 0 Å². The van der Waals surface area contributed by atoms with Gasteiger partial charge in [0.05, 0.1) is 6.54 Å². The zero-order chi connectivity index (χ0) is 16.4. The van der Waals surface area contributed by atoms with Gasteiger partial charge in [0.15, 0.2) is 5.69 Å². The summed E-state index contributed by atoms with van der Waals surface area (Å²) in [6.07, 6.45) is 0.803. The van der Waals surface area contributed by atoms with E-state index in [1.807, 2.05) is 16.8 Å². The molecule has 0 saturated carbocycles. The van der Waals surface area contributed by atoms with E-state index in [1.165, 1.54) is 0 Å². The molecule has 2 aromatic rings. The van der Waals surface area contributed by atoms with E-state index in [1.54, 1.807) is 12.1 Å². The number of nitrogens with two attached hydrogens (primary N) is 2. The SMILES string of the molecule is NC(=O)Nc1ccc(Cn2nc(C(N)=O)c3c2CCNC3)cc1. The summed E-state index contributed by atoms with van der Waals surface area (Å²) >= 11 is 0. The maximum Gasteiger partial charge on any atom is 0.316 e. The molecule has 3 rings (SSSR count). The molecule has 8 nitrogen and oxygen atoms in total. The highest BCUT2D eigenvalue weighted by Gasteiger charge is 2.23. The molecule has 0 bridgehead atoms. The van der Waals surface area contributed by atoms with Crippen LogP contribution < -0.4 is 22.1 Å². The molecule has 8 heteroatoms. The number of carbonyl (C=O) groups is 2. The van der Waals surface area contributed by atoms with Crippen molar-refractivity contribution in [2.45, 2.75) is 19.5 Å². The molecule has 2 heterocycles. The molecule has 3 amide bonds. The fraction of sp³-hybridized carbons (Fsp3) is 0.267. The first kappa shape index (κ1) is 15.0. The molecule has 0 atom stereocenters. The molecule has 0 radical (unpaired) electrons. The molecule has 0 spiro atoms. The van der Waals surface area contributed by atoms with Gasteiger partial charge in [-0.15, -0.1) is 0 Å². The molecule has 1 aromatic carbocycles. The van der Waals surface area contributed by atoms with Gasteiger partial charge < -0.3 is 22.1 Å². The molecule has 0 unspecified atom stereocenters. The fourth-order valence-corrected chi connectivity index (χ4v) is 2.76. The van der Waals surface area contributed by atoms with Crippen molar-refractivity contribution in [2.24, 2.45) is 11.5 Å². The predicted molar refractivity (Wildman–Crippen MR) is 84.9 cm³/mol. The van der Waals surface area contributed by atoms with Crippen LogP contribution in [0.5, 0.6) is 0 Å². The van der Waals surface area contributed by atoms with Crippen LogP contribution in [0.3, 0.4) is 0 Å². The number of hydrogen-bond donors (Lipinski definition) is 4. The third kappa shape index (κ3) is 3.16. The molecular weight excluding hydrogens is 296 g/mol. The second kappa shape index (κ2) is 6.09. The Bertz CT molecular complexity index is 750. The van der Waals surface area contributed by atoms with E-state index in [9.17, 15) is 9.59 Å². The molecule has 6 N–H and O–H groups in total. The summed E-state index contributed by atoms with van der Waals surface area (Å²) in [5, 5.41) is 10.1. The summed E-state index contributed by atoms with van der Waals surface area (Å²) in [5.41, 5.74) is 14.4. The van der Waals surface area contributed by atoms with Crippen LogP contribution >= 0.6 is 0 Å². The number of nitrogens with one attached hydrogen (secondary N) is 2. The highest BCUT2D eigenvalue weighted by molar-refractivity contribution is 5.92. The molecule has 1 aromatic heterocycles. The maximum atomic E-state index is 11.6. The summed E-state index contributed by atoms with van der Waals surface area (Å²) in [4.78, 5) is 22.4. The number of primary amides is 2. The number of amides is 3. The Labute approximate surface area is 132 Å². The van der Waals surface area contributed by atoms with E-state index in [0.29, 0.717) is 24.5 Å². The van der Waals surface area contributed by atoms with Crippen molar-refractivity contribution >= 4 is 17.6 Å². The lowest BCUT2D eigenvalue weighted by atomic mass is 10.1. The lowest BCUT2D eigenvalue weighted by molar-refractivity contribution is 0.0993. The van der Waals surface area contributed by atoms with Crippen molar-refractivity contribution < 1.29 is 9.59 Å². The van der Waals surface area contributed by atoms with E-state index in [0.717, 1.165) is 29.8 Å². The lowest BCUT2D eigenvalue weighted by Crippen LogP contribution is -2.26. The van der Waals surface area contributed by atoms with Gasteiger partial charge in [0.1, 0.15) is 0 Å². The number of carbonyl (C=O) groups excluding carboxylic acids is 2. The third-order valence-electron chi connectivity index (χ3n) is 3.79. The Kier molecular flexibility index (Phi) is 3.98. The van der Waals surface area contributed by atoms with Crippen LogP contribution in [0.1, 0.15) is 27.3 Å². The quantitative estimate of drug-likeness (QED) is 0.641. The average molecular weight is 314 g/mol. The van der Waals surface area contributed by atoms with Crippen molar-refractivity contribution in [1.82, 2.24) is 15.1 Å². The summed E-state index contributed by atoms with van der Waals surface area (Å²) in [5.74, 6) is -0.510. The smallest absolute Gasteiger partial charge is 0.316 e.